The summed E-state index contributed by atoms with van der Waals surface area (Å²) in [7, 11) is 0. The molecule has 0 aliphatic heterocycles. The molecular weight excluding hydrogens is 388 g/mol. The SMILES string of the molecule is CCCCCCCCOc1ccc(-c2ncc(OC(=O)CCCCCCC)cn2)cc1. The zero-order valence-electron chi connectivity index (χ0n) is 19.3. The quantitative estimate of drug-likeness (QED) is 0.211. The normalized spacial score (nSPS) is 10.8. The molecule has 0 amide bonds. The first-order valence-electron chi connectivity index (χ1n) is 12.0. The van der Waals surface area contributed by atoms with Crippen molar-refractivity contribution >= 4 is 5.97 Å². The first kappa shape index (κ1) is 24.8. The van der Waals surface area contributed by atoms with Gasteiger partial charge in [0.1, 0.15) is 5.75 Å². The average molecular weight is 427 g/mol. The monoisotopic (exact) mass is 426 g/mol. The van der Waals surface area contributed by atoms with Crippen molar-refractivity contribution in [2.45, 2.75) is 90.9 Å². The Bertz CT molecular complexity index is 729. The van der Waals surface area contributed by atoms with E-state index in [9.17, 15) is 4.79 Å². The number of unbranched alkanes of at least 4 members (excludes halogenated alkanes) is 9. The van der Waals surface area contributed by atoms with Crippen LogP contribution in [0.15, 0.2) is 36.7 Å². The second kappa shape index (κ2) is 15.4. The maximum atomic E-state index is 11.9. The lowest BCUT2D eigenvalue weighted by Gasteiger charge is -2.07. The molecule has 1 aromatic heterocycles. The van der Waals surface area contributed by atoms with Crippen molar-refractivity contribution in [3.05, 3.63) is 36.7 Å². The van der Waals surface area contributed by atoms with Crippen LogP contribution in [0.2, 0.25) is 0 Å². The summed E-state index contributed by atoms with van der Waals surface area (Å²) in [5.74, 6) is 1.63. The van der Waals surface area contributed by atoms with Crippen LogP contribution in [0.25, 0.3) is 11.4 Å². The van der Waals surface area contributed by atoms with E-state index < -0.39 is 0 Å². The molecule has 2 aromatic rings. The van der Waals surface area contributed by atoms with Gasteiger partial charge in [0.2, 0.25) is 0 Å². The number of nitrogens with zero attached hydrogens (tertiary/aromatic N) is 2. The minimum atomic E-state index is -0.222. The Morgan fingerprint density at radius 1 is 0.742 bits per heavy atom. The van der Waals surface area contributed by atoms with Crippen molar-refractivity contribution in [3.63, 3.8) is 0 Å². The lowest BCUT2D eigenvalue weighted by Crippen LogP contribution is -2.08. The van der Waals surface area contributed by atoms with Crippen molar-refractivity contribution in [3.8, 4) is 22.9 Å². The van der Waals surface area contributed by atoms with Crippen LogP contribution < -0.4 is 9.47 Å². The summed E-state index contributed by atoms with van der Waals surface area (Å²) in [6, 6.07) is 7.80. The van der Waals surface area contributed by atoms with Gasteiger partial charge in [-0.05, 0) is 37.1 Å². The number of benzene rings is 1. The van der Waals surface area contributed by atoms with Crippen LogP contribution in [0.5, 0.6) is 11.5 Å². The van der Waals surface area contributed by atoms with Crippen LogP contribution in [0.4, 0.5) is 0 Å². The molecule has 0 saturated heterocycles. The highest BCUT2D eigenvalue weighted by molar-refractivity contribution is 5.72. The molecule has 0 saturated carbocycles. The molecule has 0 bridgehead atoms. The van der Waals surface area contributed by atoms with Crippen molar-refractivity contribution in [2.75, 3.05) is 6.61 Å². The van der Waals surface area contributed by atoms with Crippen molar-refractivity contribution in [2.24, 2.45) is 0 Å². The highest BCUT2D eigenvalue weighted by Crippen LogP contribution is 2.21. The Balaban J connectivity index is 1.71. The van der Waals surface area contributed by atoms with Gasteiger partial charge in [-0.1, -0.05) is 71.6 Å². The van der Waals surface area contributed by atoms with Crippen LogP contribution >= 0.6 is 0 Å². The van der Waals surface area contributed by atoms with E-state index >= 15 is 0 Å². The zero-order valence-corrected chi connectivity index (χ0v) is 19.3. The Morgan fingerprint density at radius 3 is 1.97 bits per heavy atom. The van der Waals surface area contributed by atoms with E-state index in [1.165, 1.54) is 51.4 Å². The number of carbonyl (C=O) groups excluding carboxylic acids is 1. The molecule has 170 valence electrons. The summed E-state index contributed by atoms with van der Waals surface area (Å²) >= 11 is 0. The molecule has 2 rings (SSSR count). The third-order valence-corrected chi connectivity index (χ3v) is 5.22. The van der Waals surface area contributed by atoms with Crippen LogP contribution in [-0.4, -0.2) is 22.5 Å². The lowest BCUT2D eigenvalue weighted by atomic mass is 10.1. The van der Waals surface area contributed by atoms with Gasteiger partial charge in [-0.25, -0.2) is 9.97 Å². The second-order valence-corrected chi connectivity index (χ2v) is 8.02. The van der Waals surface area contributed by atoms with Crippen molar-refractivity contribution < 1.29 is 14.3 Å². The van der Waals surface area contributed by atoms with Crippen molar-refractivity contribution in [1.82, 2.24) is 9.97 Å². The molecule has 5 nitrogen and oxygen atoms in total. The molecule has 0 aliphatic carbocycles. The van der Waals surface area contributed by atoms with Gasteiger partial charge in [0.15, 0.2) is 11.6 Å². The molecule has 0 unspecified atom stereocenters. The summed E-state index contributed by atoms with van der Waals surface area (Å²) in [4.78, 5) is 20.6. The first-order chi connectivity index (χ1) is 15.2. The number of hydrogen-bond acceptors (Lipinski definition) is 5. The number of ether oxygens (including phenoxy) is 2. The Kier molecular flexibility index (Phi) is 12.3. The minimum Gasteiger partial charge on any atom is -0.494 e. The summed E-state index contributed by atoms with van der Waals surface area (Å²) in [5.41, 5.74) is 0.903. The number of esters is 1. The molecule has 31 heavy (non-hydrogen) atoms. The topological polar surface area (TPSA) is 61.3 Å². The molecule has 1 aromatic carbocycles. The Morgan fingerprint density at radius 2 is 1.32 bits per heavy atom. The van der Waals surface area contributed by atoms with E-state index in [1.807, 2.05) is 24.3 Å². The molecule has 0 radical (unpaired) electrons. The van der Waals surface area contributed by atoms with Crippen LogP contribution in [-0.2, 0) is 4.79 Å². The molecule has 0 N–H and O–H groups in total. The fourth-order valence-corrected chi connectivity index (χ4v) is 3.35. The smallest absolute Gasteiger partial charge is 0.311 e. The highest BCUT2D eigenvalue weighted by atomic mass is 16.5. The average Bonchev–Trinajstić information content (AvgIpc) is 2.79. The van der Waals surface area contributed by atoms with E-state index in [4.69, 9.17) is 9.47 Å². The third-order valence-electron chi connectivity index (χ3n) is 5.22. The van der Waals surface area contributed by atoms with E-state index in [-0.39, 0.29) is 5.97 Å². The van der Waals surface area contributed by atoms with E-state index in [0.717, 1.165) is 37.2 Å². The highest BCUT2D eigenvalue weighted by Gasteiger charge is 2.07. The maximum Gasteiger partial charge on any atom is 0.311 e. The van der Waals surface area contributed by atoms with E-state index in [0.29, 0.717) is 18.0 Å². The van der Waals surface area contributed by atoms with Crippen LogP contribution in [0, 0.1) is 0 Å². The summed E-state index contributed by atoms with van der Waals surface area (Å²) in [6.45, 7) is 5.16. The van der Waals surface area contributed by atoms with Gasteiger partial charge in [0.25, 0.3) is 0 Å². The molecule has 1 heterocycles. The minimum absolute atomic E-state index is 0.222. The fourth-order valence-electron chi connectivity index (χ4n) is 3.35. The summed E-state index contributed by atoms with van der Waals surface area (Å²) in [6.07, 6.45) is 16.6. The van der Waals surface area contributed by atoms with E-state index in [2.05, 4.69) is 23.8 Å². The summed E-state index contributed by atoms with van der Waals surface area (Å²) in [5, 5.41) is 0. The van der Waals surface area contributed by atoms with Crippen LogP contribution in [0.1, 0.15) is 90.9 Å². The molecule has 0 atom stereocenters. The Hall–Kier alpha value is -2.43. The van der Waals surface area contributed by atoms with Gasteiger partial charge < -0.3 is 9.47 Å². The predicted molar refractivity (Wildman–Crippen MR) is 125 cm³/mol. The molecular formula is C26H38N2O3. The molecule has 0 spiro atoms. The standard InChI is InChI=1S/C26H38N2O3/c1-3-5-7-9-11-13-19-30-23-17-15-22(16-18-23)26-27-20-24(21-28-26)31-25(29)14-12-10-8-6-4-2/h15-18,20-21H,3-14,19H2,1-2H3. The number of aromatic nitrogens is 2. The lowest BCUT2D eigenvalue weighted by molar-refractivity contribution is -0.134. The second-order valence-electron chi connectivity index (χ2n) is 8.02. The molecule has 5 heteroatoms. The summed E-state index contributed by atoms with van der Waals surface area (Å²) < 4.78 is 11.2. The van der Waals surface area contributed by atoms with Crippen molar-refractivity contribution in [1.29, 1.82) is 0 Å². The van der Waals surface area contributed by atoms with Gasteiger partial charge >= 0.3 is 5.97 Å². The van der Waals surface area contributed by atoms with Gasteiger partial charge in [0, 0.05) is 12.0 Å². The van der Waals surface area contributed by atoms with Crippen LogP contribution in [0.3, 0.4) is 0 Å². The van der Waals surface area contributed by atoms with Gasteiger partial charge in [-0.15, -0.1) is 0 Å². The van der Waals surface area contributed by atoms with Gasteiger partial charge in [-0.2, -0.15) is 0 Å². The largest absolute Gasteiger partial charge is 0.494 e. The third kappa shape index (κ3) is 10.4. The molecule has 0 aliphatic rings. The number of hydrogen-bond donors (Lipinski definition) is 0. The van der Waals surface area contributed by atoms with Gasteiger partial charge in [0.05, 0.1) is 19.0 Å². The maximum absolute atomic E-state index is 11.9. The number of rotatable bonds is 16. The number of carbonyl (C=O) groups is 1. The molecule has 0 fully saturated rings. The fraction of sp³-hybridized carbons (Fsp3) is 0.577. The first-order valence-corrected chi connectivity index (χ1v) is 12.0. The predicted octanol–water partition coefficient (Wildman–Crippen LogP) is 7.15. The van der Waals surface area contributed by atoms with E-state index in [1.54, 1.807) is 12.4 Å². The Labute approximate surface area is 187 Å². The van der Waals surface area contributed by atoms with Gasteiger partial charge in [-0.3, -0.25) is 4.79 Å². The zero-order chi connectivity index (χ0) is 22.2.